The van der Waals surface area contributed by atoms with Crippen LogP contribution in [0.3, 0.4) is 0 Å². The van der Waals surface area contributed by atoms with Crippen LogP contribution in [0.1, 0.15) is 66.7 Å². The Morgan fingerprint density at radius 2 is 2.00 bits per heavy atom. The highest BCUT2D eigenvalue weighted by molar-refractivity contribution is 5.79. The minimum Gasteiger partial charge on any atom is -0.300 e. The van der Waals surface area contributed by atoms with Crippen molar-refractivity contribution in [1.82, 2.24) is 0 Å². The summed E-state index contributed by atoms with van der Waals surface area (Å²) in [5.41, 5.74) is 2.00. The van der Waals surface area contributed by atoms with Crippen LogP contribution in [0.2, 0.25) is 0 Å². The fourth-order valence-corrected chi connectivity index (χ4v) is 6.23. The molecule has 0 bridgehead atoms. The number of hydrogen-bond donors (Lipinski definition) is 0. The van der Waals surface area contributed by atoms with Crippen molar-refractivity contribution in [3.05, 3.63) is 11.6 Å². The van der Waals surface area contributed by atoms with Crippen LogP contribution in [0.25, 0.3) is 0 Å². The van der Waals surface area contributed by atoms with Gasteiger partial charge in [-0.1, -0.05) is 32.4 Å². The summed E-state index contributed by atoms with van der Waals surface area (Å²) < 4.78 is 0. The standard InChI is InChI=1S/C20H32O/c1-12(2)15-8-9-20(5)18-7-6-16(14(4)21)17(18)10-13(3)11-19(15)20/h11-12,15-19H,6-10H2,1-5H3. The summed E-state index contributed by atoms with van der Waals surface area (Å²) in [6, 6.07) is 0. The van der Waals surface area contributed by atoms with E-state index in [4.69, 9.17) is 0 Å². The van der Waals surface area contributed by atoms with Crippen LogP contribution in [-0.4, -0.2) is 5.78 Å². The number of hydrogen-bond acceptors (Lipinski definition) is 1. The van der Waals surface area contributed by atoms with Gasteiger partial charge in [0.05, 0.1) is 0 Å². The fraction of sp³-hybridized carbons (Fsp3) is 0.850. The van der Waals surface area contributed by atoms with Crippen molar-refractivity contribution in [2.24, 2.45) is 40.9 Å². The molecule has 118 valence electrons. The molecule has 0 amide bonds. The Morgan fingerprint density at radius 1 is 1.29 bits per heavy atom. The van der Waals surface area contributed by atoms with Crippen molar-refractivity contribution in [1.29, 1.82) is 0 Å². The van der Waals surface area contributed by atoms with Gasteiger partial charge in [-0.25, -0.2) is 0 Å². The van der Waals surface area contributed by atoms with Gasteiger partial charge >= 0.3 is 0 Å². The number of ketones is 1. The predicted octanol–water partition coefficient (Wildman–Crippen LogP) is 5.26. The van der Waals surface area contributed by atoms with E-state index in [1.165, 1.54) is 25.7 Å². The quantitative estimate of drug-likeness (QED) is 0.634. The summed E-state index contributed by atoms with van der Waals surface area (Å²) in [5, 5.41) is 0. The lowest BCUT2D eigenvalue weighted by Crippen LogP contribution is -2.35. The molecule has 0 heterocycles. The normalized spacial score (nSPS) is 46.0. The first-order chi connectivity index (χ1) is 9.84. The number of carbonyl (C=O) groups excluding carboxylic acids is 1. The van der Waals surface area contributed by atoms with E-state index in [9.17, 15) is 4.79 Å². The van der Waals surface area contributed by atoms with Crippen LogP contribution in [0.4, 0.5) is 0 Å². The molecule has 6 unspecified atom stereocenters. The summed E-state index contributed by atoms with van der Waals surface area (Å²) in [4.78, 5) is 12.1. The van der Waals surface area contributed by atoms with E-state index < -0.39 is 0 Å². The zero-order valence-corrected chi connectivity index (χ0v) is 14.5. The fourth-order valence-electron chi connectivity index (χ4n) is 6.23. The maximum Gasteiger partial charge on any atom is 0.133 e. The zero-order chi connectivity index (χ0) is 15.4. The SMILES string of the molecule is CC(=O)C1CCC2C1CC(C)=CC1C(C(C)C)CCC12C. The van der Waals surface area contributed by atoms with Gasteiger partial charge in [0.2, 0.25) is 0 Å². The molecular weight excluding hydrogens is 256 g/mol. The number of rotatable bonds is 2. The van der Waals surface area contributed by atoms with Crippen LogP contribution in [0, 0.1) is 40.9 Å². The van der Waals surface area contributed by atoms with Gasteiger partial charge in [-0.2, -0.15) is 0 Å². The first-order valence-corrected chi connectivity index (χ1v) is 9.02. The Balaban J connectivity index is 1.98. The molecule has 2 saturated carbocycles. The molecule has 0 saturated heterocycles. The smallest absolute Gasteiger partial charge is 0.133 e. The van der Waals surface area contributed by atoms with Gasteiger partial charge < -0.3 is 0 Å². The van der Waals surface area contributed by atoms with E-state index in [-0.39, 0.29) is 0 Å². The molecule has 0 radical (unpaired) electrons. The monoisotopic (exact) mass is 288 g/mol. The summed E-state index contributed by atoms with van der Waals surface area (Å²) in [7, 11) is 0. The highest BCUT2D eigenvalue weighted by Crippen LogP contribution is 2.62. The van der Waals surface area contributed by atoms with Crippen molar-refractivity contribution < 1.29 is 4.79 Å². The number of fused-ring (bicyclic) bond motifs is 3. The molecule has 6 atom stereocenters. The van der Waals surface area contributed by atoms with Crippen molar-refractivity contribution in [3.8, 4) is 0 Å². The summed E-state index contributed by atoms with van der Waals surface area (Å²) in [5.74, 6) is 4.55. The lowest BCUT2D eigenvalue weighted by atomic mass is 9.64. The third kappa shape index (κ3) is 2.32. The van der Waals surface area contributed by atoms with Crippen molar-refractivity contribution >= 4 is 5.78 Å². The Bertz CT molecular complexity index is 460. The van der Waals surface area contributed by atoms with Crippen molar-refractivity contribution in [2.45, 2.75) is 66.7 Å². The minimum atomic E-state index is 0.340. The van der Waals surface area contributed by atoms with Gasteiger partial charge in [-0.15, -0.1) is 0 Å². The van der Waals surface area contributed by atoms with E-state index in [0.717, 1.165) is 30.1 Å². The maximum absolute atomic E-state index is 12.1. The maximum atomic E-state index is 12.1. The molecule has 1 heteroatoms. The van der Waals surface area contributed by atoms with Gasteiger partial charge in [-0.3, -0.25) is 4.79 Å². The van der Waals surface area contributed by atoms with Gasteiger partial charge in [0, 0.05) is 5.92 Å². The molecule has 2 fully saturated rings. The number of carbonyl (C=O) groups is 1. The number of allylic oxidation sites excluding steroid dienone is 2. The molecular formula is C20H32O. The number of Topliss-reactive ketones (excluding diaryl/α,β-unsaturated/α-hetero) is 1. The van der Waals surface area contributed by atoms with Crippen LogP contribution >= 0.6 is 0 Å². The van der Waals surface area contributed by atoms with Gasteiger partial charge in [0.1, 0.15) is 5.78 Å². The van der Waals surface area contributed by atoms with Crippen LogP contribution in [0.15, 0.2) is 11.6 Å². The van der Waals surface area contributed by atoms with Crippen molar-refractivity contribution in [2.75, 3.05) is 0 Å². The summed E-state index contributed by atoms with van der Waals surface area (Å²) in [6.45, 7) is 11.5. The van der Waals surface area contributed by atoms with Gasteiger partial charge in [0.25, 0.3) is 0 Å². The highest BCUT2D eigenvalue weighted by atomic mass is 16.1. The predicted molar refractivity (Wildman–Crippen MR) is 87.9 cm³/mol. The minimum absolute atomic E-state index is 0.340. The van der Waals surface area contributed by atoms with Gasteiger partial charge in [0.15, 0.2) is 0 Å². The van der Waals surface area contributed by atoms with Crippen LogP contribution in [0.5, 0.6) is 0 Å². The zero-order valence-electron chi connectivity index (χ0n) is 14.5. The molecule has 1 nitrogen and oxygen atoms in total. The summed E-state index contributed by atoms with van der Waals surface area (Å²) >= 11 is 0. The summed E-state index contributed by atoms with van der Waals surface area (Å²) in [6.07, 6.45) is 8.98. The Kier molecular flexibility index (Phi) is 3.83. The topological polar surface area (TPSA) is 17.1 Å². The van der Waals surface area contributed by atoms with E-state index in [2.05, 4.69) is 33.8 Å². The molecule has 0 aromatic carbocycles. The molecule has 0 N–H and O–H groups in total. The second-order valence-electron chi connectivity index (χ2n) is 8.76. The van der Waals surface area contributed by atoms with E-state index in [1.54, 1.807) is 5.57 Å². The Labute approximate surface area is 130 Å². The van der Waals surface area contributed by atoms with Gasteiger partial charge in [-0.05, 0) is 81.0 Å². The average molecular weight is 288 g/mol. The average Bonchev–Trinajstić information content (AvgIpc) is 2.91. The molecule has 0 spiro atoms. The second-order valence-corrected chi connectivity index (χ2v) is 8.76. The molecule has 0 aliphatic heterocycles. The molecule has 3 rings (SSSR count). The van der Waals surface area contributed by atoms with E-state index in [0.29, 0.717) is 23.0 Å². The first-order valence-electron chi connectivity index (χ1n) is 9.02. The molecule has 3 aliphatic rings. The van der Waals surface area contributed by atoms with Crippen molar-refractivity contribution in [3.63, 3.8) is 0 Å². The third-order valence-corrected chi connectivity index (χ3v) is 7.31. The molecule has 21 heavy (non-hydrogen) atoms. The van der Waals surface area contributed by atoms with E-state index >= 15 is 0 Å². The molecule has 0 aromatic heterocycles. The lowest BCUT2D eigenvalue weighted by Gasteiger charge is -2.40. The van der Waals surface area contributed by atoms with E-state index in [1.807, 2.05) is 6.92 Å². The third-order valence-electron chi connectivity index (χ3n) is 7.31. The largest absolute Gasteiger partial charge is 0.300 e. The molecule has 3 aliphatic carbocycles. The van der Waals surface area contributed by atoms with Crippen LogP contribution < -0.4 is 0 Å². The second kappa shape index (κ2) is 5.25. The van der Waals surface area contributed by atoms with Crippen LogP contribution in [-0.2, 0) is 4.79 Å². The Hall–Kier alpha value is -0.590. The molecule has 0 aromatic rings. The first kappa shape index (κ1) is 15.3. The lowest BCUT2D eigenvalue weighted by molar-refractivity contribution is -0.122. The Morgan fingerprint density at radius 3 is 2.62 bits per heavy atom. The highest BCUT2D eigenvalue weighted by Gasteiger charge is 2.55.